The number of nitrogens with zero attached hydrogens (tertiary/aromatic N) is 5. The first-order chi connectivity index (χ1) is 27.8. The summed E-state index contributed by atoms with van der Waals surface area (Å²) in [5.41, 5.74) is 6.02. The van der Waals surface area contributed by atoms with Gasteiger partial charge in [0.15, 0.2) is 23.3 Å². The van der Waals surface area contributed by atoms with Gasteiger partial charge in [-0.25, -0.2) is 24.9 Å². The summed E-state index contributed by atoms with van der Waals surface area (Å²) in [7, 11) is 0. The van der Waals surface area contributed by atoms with Gasteiger partial charge in [-0.15, -0.1) is 0 Å². The van der Waals surface area contributed by atoms with Crippen molar-refractivity contribution < 1.29 is 0 Å². The van der Waals surface area contributed by atoms with Crippen molar-refractivity contribution in [1.29, 1.82) is 0 Å². The molecule has 260 valence electrons. The third kappa shape index (κ3) is 5.21. The summed E-state index contributed by atoms with van der Waals surface area (Å²) in [6, 6.07) is 61.5. The molecule has 2 heterocycles. The molecule has 0 spiro atoms. The summed E-state index contributed by atoms with van der Waals surface area (Å²) in [6.07, 6.45) is 3.61. The lowest BCUT2D eigenvalue weighted by Gasteiger charge is -2.18. The molecular formula is C51H31N5. The van der Waals surface area contributed by atoms with Gasteiger partial charge in [-0.05, 0) is 83.2 Å². The Morgan fingerprint density at radius 1 is 0.268 bits per heavy atom. The van der Waals surface area contributed by atoms with Crippen LogP contribution in [0.25, 0.3) is 111 Å². The summed E-state index contributed by atoms with van der Waals surface area (Å²) in [4.78, 5) is 25.6. The zero-order valence-electron chi connectivity index (χ0n) is 30.1. The van der Waals surface area contributed by atoms with Gasteiger partial charge >= 0.3 is 0 Å². The van der Waals surface area contributed by atoms with E-state index in [0.29, 0.717) is 23.3 Å². The monoisotopic (exact) mass is 713 g/mol. The van der Waals surface area contributed by atoms with Crippen LogP contribution in [0.4, 0.5) is 0 Å². The first-order valence-electron chi connectivity index (χ1n) is 18.8. The number of aromatic nitrogens is 5. The Morgan fingerprint density at radius 3 is 1.55 bits per heavy atom. The van der Waals surface area contributed by atoms with Gasteiger partial charge in [0, 0.05) is 34.6 Å². The number of fused-ring (bicyclic) bond motifs is 7. The molecule has 0 fully saturated rings. The summed E-state index contributed by atoms with van der Waals surface area (Å²) < 4.78 is 0. The average Bonchev–Trinajstić information content (AvgIpc) is 3.28. The van der Waals surface area contributed by atoms with E-state index in [9.17, 15) is 0 Å². The third-order valence-electron chi connectivity index (χ3n) is 10.8. The van der Waals surface area contributed by atoms with Crippen LogP contribution in [0.1, 0.15) is 0 Å². The van der Waals surface area contributed by atoms with Crippen LogP contribution in [0, 0.1) is 0 Å². The van der Waals surface area contributed by atoms with Crippen LogP contribution in [-0.2, 0) is 0 Å². The molecule has 5 heteroatoms. The molecule has 0 aliphatic rings. The second-order valence-corrected chi connectivity index (χ2v) is 14.0. The minimum atomic E-state index is 0.602. The van der Waals surface area contributed by atoms with Crippen molar-refractivity contribution in [2.24, 2.45) is 0 Å². The zero-order chi connectivity index (χ0) is 37.0. The second-order valence-electron chi connectivity index (χ2n) is 14.0. The molecule has 0 amide bonds. The van der Waals surface area contributed by atoms with Crippen molar-refractivity contribution in [2.75, 3.05) is 0 Å². The second kappa shape index (κ2) is 13.0. The Morgan fingerprint density at radius 2 is 0.804 bits per heavy atom. The molecule has 56 heavy (non-hydrogen) atoms. The molecule has 11 rings (SSSR count). The molecule has 0 bridgehead atoms. The van der Waals surface area contributed by atoms with E-state index in [1.54, 1.807) is 12.4 Å². The van der Waals surface area contributed by atoms with Crippen LogP contribution < -0.4 is 0 Å². The molecule has 0 atom stereocenters. The van der Waals surface area contributed by atoms with E-state index in [-0.39, 0.29) is 0 Å². The summed E-state index contributed by atoms with van der Waals surface area (Å²) in [6.45, 7) is 0. The third-order valence-corrected chi connectivity index (χ3v) is 10.8. The SMILES string of the molecule is c1ccc(-c2ccc3c(-c4nc(-c5ccccc5)nc(-c5cc6c7ccccc7ccc6c6ccccc56)n4)c4ccccc4c(-c4ncccn4)c3c2)cc1. The van der Waals surface area contributed by atoms with Gasteiger partial charge in [-0.2, -0.15) is 0 Å². The smallest absolute Gasteiger partial charge is 0.165 e. The summed E-state index contributed by atoms with van der Waals surface area (Å²) in [5, 5.41) is 11.1. The van der Waals surface area contributed by atoms with Crippen molar-refractivity contribution in [3.63, 3.8) is 0 Å². The van der Waals surface area contributed by atoms with Crippen LogP contribution in [0.15, 0.2) is 188 Å². The minimum Gasteiger partial charge on any atom is -0.237 e. The molecule has 0 saturated heterocycles. The normalized spacial score (nSPS) is 11.6. The highest BCUT2D eigenvalue weighted by molar-refractivity contribution is 6.22. The number of rotatable bonds is 5. The number of benzene rings is 9. The summed E-state index contributed by atoms with van der Waals surface area (Å²) >= 11 is 0. The lowest BCUT2D eigenvalue weighted by molar-refractivity contribution is 1.08. The zero-order valence-corrected chi connectivity index (χ0v) is 30.1. The van der Waals surface area contributed by atoms with E-state index in [2.05, 4.69) is 146 Å². The molecule has 0 aliphatic heterocycles. The Balaban J connectivity index is 1.27. The van der Waals surface area contributed by atoms with Crippen molar-refractivity contribution in [2.45, 2.75) is 0 Å². The topological polar surface area (TPSA) is 64.5 Å². The maximum absolute atomic E-state index is 5.47. The predicted molar refractivity (Wildman–Crippen MR) is 230 cm³/mol. The minimum absolute atomic E-state index is 0.602. The van der Waals surface area contributed by atoms with E-state index in [1.165, 1.54) is 16.2 Å². The van der Waals surface area contributed by atoms with Crippen molar-refractivity contribution in [3.05, 3.63) is 188 Å². The van der Waals surface area contributed by atoms with Gasteiger partial charge < -0.3 is 0 Å². The highest BCUT2D eigenvalue weighted by Crippen LogP contribution is 2.44. The molecule has 5 nitrogen and oxygen atoms in total. The first kappa shape index (κ1) is 31.9. The highest BCUT2D eigenvalue weighted by Gasteiger charge is 2.23. The fraction of sp³-hybridized carbons (Fsp3) is 0. The Hall–Kier alpha value is -7.63. The van der Waals surface area contributed by atoms with Crippen molar-refractivity contribution in [1.82, 2.24) is 24.9 Å². The molecule has 0 saturated carbocycles. The molecule has 2 aromatic heterocycles. The van der Waals surface area contributed by atoms with Crippen molar-refractivity contribution in [3.8, 4) is 56.7 Å². The van der Waals surface area contributed by atoms with Gasteiger partial charge in [0.05, 0.1) is 0 Å². The lowest BCUT2D eigenvalue weighted by Crippen LogP contribution is -2.02. The number of hydrogen-bond acceptors (Lipinski definition) is 5. The van der Waals surface area contributed by atoms with E-state index in [1.807, 2.05) is 30.3 Å². The van der Waals surface area contributed by atoms with Gasteiger partial charge in [0.25, 0.3) is 0 Å². The average molecular weight is 714 g/mol. The van der Waals surface area contributed by atoms with Crippen LogP contribution in [0.5, 0.6) is 0 Å². The van der Waals surface area contributed by atoms with Gasteiger partial charge in [0.2, 0.25) is 0 Å². The molecule has 11 aromatic rings. The molecule has 0 aliphatic carbocycles. The molecule has 9 aromatic carbocycles. The predicted octanol–water partition coefficient (Wildman–Crippen LogP) is 12.8. The van der Waals surface area contributed by atoms with Gasteiger partial charge in [-0.1, -0.05) is 158 Å². The molecular weight excluding hydrogens is 683 g/mol. The standard InChI is InChI=1S/C51H31N5/c1-3-14-32(15-4-1)35-25-27-42-44(30-35)47(50-52-28-13-29-53-50)41-23-12-11-22-40(41)46(42)51-55-48(34-17-5-2-6-18-34)54-49(56-51)45-31-43-36-19-8-7-16-33(36)24-26-39(43)37-20-9-10-21-38(37)45/h1-31H. The maximum atomic E-state index is 5.47. The molecule has 0 radical (unpaired) electrons. The van der Waals surface area contributed by atoms with E-state index >= 15 is 0 Å². The highest BCUT2D eigenvalue weighted by atomic mass is 15.0. The quantitative estimate of drug-likeness (QED) is 0.131. The fourth-order valence-electron chi connectivity index (χ4n) is 8.27. The lowest BCUT2D eigenvalue weighted by atomic mass is 9.89. The van der Waals surface area contributed by atoms with Crippen LogP contribution in [-0.4, -0.2) is 24.9 Å². The Kier molecular flexibility index (Phi) is 7.42. The fourth-order valence-corrected chi connectivity index (χ4v) is 8.27. The number of hydrogen-bond donors (Lipinski definition) is 0. The molecule has 0 N–H and O–H groups in total. The van der Waals surface area contributed by atoms with Crippen LogP contribution in [0.3, 0.4) is 0 Å². The van der Waals surface area contributed by atoms with Gasteiger partial charge in [-0.3, -0.25) is 0 Å². The Bertz CT molecular complexity index is 3290. The van der Waals surface area contributed by atoms with E-state index in [0.717, 1.165) is 71.1 Å². The largest absolute Gasteiger partial charge is 0.237 e. The summed E-state index contributed by atoms with van der Waals surface area (Å²) in [5.74, 6) is 2.50. The van der Waals surface area contributed by atoms with Crippen molar-refractivity contribution >= 4 is 53.9 Å². The van der Waals surface area contributed by atoms with Crippen LogP contribution >= 0.6 is 0 Å². The van der Waals surface area contributed by atoms with E-state index < -0.39 is 0 Å². The molecule has 0 unspecified atom stereocenters. The first-order valence-corrected chi connectivity index (χ1v) is 18.8. The Labute approximate surface area is 322 Å². The van der Waals surface area contributed by atoms with E-state index in [4.69, 9.17) is 24.9 Å². The van der Waals surface area contributed by atoms with Crippen LogP contribution in [0.2, 0.25) is 0 Å². The van der Waals surface area contributed by atoms with Gasteiger partial charge in [0.1, 0.15) is 0 Å². The maximum Gasteiger partial charge on any atom is 0.165 e.